The molecule has 7 heteroatoms. The monoisotopic (exact) mass is 497 g/mol. The van der Waals surface area contributed by atoms with Gasteiger partial charge in [-0.2, -0.15) is 0 Å². The molecule has 0 atom stereocenters. The fraction of sp³-hybridized carbons (Fsp3) is 0.200. The third-order valence-electron chi connectivity index (χ3n) is 3.73. The van der Waals surface area contributed by atoms with Crippen LogP contribution >= 0.6 is 34.2 Å². The maximum atomic E-state index is 12.2. The minimum atomic E-state index is -0.523. The third kappa shape index (κ3) is 4.62. The van der Waals surface area contributed by atoms with Crippen LogP contribution in [0.4, 0.5) is 0 Å². The summed E-state index contributed by atoms with van der Waals surface area (Å²) in [5, 5.41) is 0.474. The summed E-state index contributed by atoms with van der Waals surface area (Å²) in [6.45, 7) is 2.64. The Morgan fingerprint density at radius 2 is 2.04 bits per heavy atom. The van der Waals surface area contributed by atoms with Crippen molar-refractivity contribution in [1.82, 2.24) is 0 Å². The van der Waals surface area contributed by atoms with Crippen molar-refractivity contribution in [2.75, 3.05) is 13.7 Å². The Kier molecular flexibility index (Phi) is 6.38. The number of ether oxygens (including phenoxy) is 3. The summed E-state index contributed by atoms with van der Waals surface area (Å²) in [5.41, 5.74) is 1.53. The van der Waals surface area contributed by atoms with E-state index < -0.39 is 5.97 Å². The lowest BCUT2D eigenvalue weighted by molar-refractivity contribution is -0.129. The number of hydrogen-bond acceptors (Lipinski definition) is 5. The number of rotatable bonds is 6. The molecular weight excluding hydrogens is 481 g/mol. The molecule has 1 aliphatic rings. The molecule has 2 aromatic rings. The highest BCUT2D eigenvalue weighted by molar-refractivity contribution is 14.1. The predicted octanol–water partition coefficient (Wildman–Crippen LogP) is 5.09. The maximum absolute atomic E-state index is 12.2. The van der Waals surface area contributed by atoms with E-state index in [0.29, 0.717) is 28.7 Å². The Balaban J connectivity index is 1.91. The smallest absolute Gasteiger partial charge is 0.363 e. The zero-order chi connectivity index (χ0) is 19.4. The van der Waals surface area contributed by atoms with Crippen molar-refractivity contribution in [3.8, 4) is 11.5 Å². The summed E-state index contributed by atoms with van der Waals surface area (Å²) in [4.78, 5) is 16.5. The normalized spacial score (nSPS) is 14.9. The average molecular weight is 498 g/mol. The first-order valence-electron chi connectivity index (χ1n) is 8.30. The van der Waals surface area contributed by atoms with Gasteiger partial charge in [-0.3, -0.25) is 0 Å². The molecule has 27 heavy (non-hydrogen) atoms. The number of nitrogens with zero attached hydrogens (tertiary/aromatic N) is 1. The zero-order valence-electron chi connectivity index (χ0n) is 14.8. The molecule has 0 unspecified atom stereocenters. The number of methoxy groups -OCH3 is 1. The number of carbonyl (C=O) groups is 1. The number of hydrogen-bond donors (Lipinski definition) is 0. The van der Waals surface area contributed by atoms with E-state index in [0.717, 1.165) is 15.6 Å². The molecule has 0 saturated heterocycles. The molecule has 0 amide bonds. The maximum Gasteiger partial charge on any atom is 0.363 e. The van der Waals surface area contributed by atoms with Crippen molar-refractivity contribution in [2.45, 2.75) is 13.3 Å². The summed E-state index contributed by atoms with van der Waals surface area (Å²) < 4.78 is 17.3. The van der Waals surface area contributed by atoms with Gasteiger partial charge in [0.25, 0.3) is 0 Å². The van der Waals surface area contributed by atoms with E-state index in [9.17, 15) is 4.79 Å². The number of benzene rings is 2. The molecule has 0 saturated carbocycles. The van der Waals surface area contributed by atoms with E-state index in [-0.39, 0.29) is 11.6 Å². The van der Waals surface area contributed by atoms with Gasteiger partial charge in [-0.15, -0.1) is 0 Å². The Morgan fingerprint density at radius 3 is 2.78 bits per heavy atom. The first kappa shape index (κ1) is 19.7. The average Bonchev–Trinajstić information content (AvgIpc) is 3.02. The quantitative estimate of drug-likeness (QED) is 0.317. The van der Waals surface area contributed by atoms with E-state index in [1.807, 2.05) is 31.2 Å². The molecule has 0 fully saturated rings. The summed E-state index contributed by atoms with van der Waals surface area (Å²) in [7, 11) is 1.57. The second-order valence-corrected chi connectivity index (χ2v) is 7.37. The number of aliphatic imine (C=N–C) groups is 1. The van der Waals surface area contributed by atoms with Gasteiger partial charge < -0.3 is 14.2 Å². The third-order valence-corrected chi connectivity index (χ3v) is 4.73. The zero-order valence-corrected chi connectivity index (χ0v) is 17.7. The number of cyclic esters (lactones) is 1. The van der Waals surface area contributed by atoms with Crippen LogP contribution in [0.25, 0.3) is 6.08 Å². The SMILES string of the molecule is CCCOc1ccc(/C=C2/N=C(c3cc(I)ccc3Cl)OC2=O)cc1OC. The van der Waals surface area contributed by atoms with E-state index in [1.165, 1.54) is 0 Å². The summed E-state index contributed by atoms with van der Waals surface area (Å²) in [6, 6.07) is 10.9. The minimum Gasteiger partial charge on any atom is -0.493 e. The molecule has 0 N–H and O–H groups in total. The lowest BCUT2D eigenvalue weighted by Gasteiger charge is -2.10. The molecule has 5 nitrogen and oxygen atoms in total. The molecule has 0 aromatic heterocycles. The second kappa shape index (κ2) is 8.75. The molecule has 1 heterocycles. The van der Waals surface area contributed by atoms with E-state index in [2.05, 4.69) is 27.6 Å². The molecule has 0 radical (unpaired) electrons. The Labute approximate surface area is 176 Å². The first-order valence-corrected chi connectivity index (χ1v) is 9.76. The van der Waals surface area contributed by atoms with Gasteiger partial charge in [0.1, 0.15) is 0 Å². The highest BCUT2D eigenvalue weighted by atomic mass is 127. The van der Waals surface area contributed by atoms with Gasteiger partial charge in [0.2, 0.25) is 5.90 Å². The molecular formula is C20H17ClINO4. The topological polar surface area (TPSA) is 57.1 Å². The van der Waals surface area contributed by atoms with Gasteiger partial charge in [-0.25, -0.2) is 9.79 Å². The first-order chi connectivity index (χ1) is 13.0. The Bertz CT molecular complexity index is 940. The molecule has 0 spiro atoms. The van der Waals surface area contributed by atoms with Gasteiger partial charge in [0, 0.05) is 3.57 Å². The van der Waals surface area contributed by atoms with Crippen LogP contribution in [0, 0.1) is 3.57 Å². The van der Waals surface area contributed by atoms with Gasteiger partial charge in [0.05, 0.1) is 24.3 Å². The summed E-state index contributed by atoms with van der Waals surface area (Å²) >= 11 is 8.37. The van der Waals surface area contributed by atoms with Gasteiger partial charge in [0.15, 0.2) is 17.2 Å². The highest BCUT2D eigenvalue weighted by Crippen LogP contribution is 2.30. The van der Waals surface area contributed by atoms with E-state index in [4.69, 9.17) is 25.8 Å². The lowest BCUT2D eigenvalue weighted by atomic mass is 10.1. The van der Waals surface area contributed by atoms with Crippen LogP contribution in [0.1, 0.15) is 24.5 Å². The molecule has 0 aliphatic carbocycles. The number of esters is 1. The van der Waals surface area contributed by atoms with Crippen molar-refractivity contribution in [3.05, 3.63) is 61.8 Å². The molecule has 2 aromatic carbocycles. The van der Waals surface area contributed by atoms with Crippen molar-refractivity contribution < 1.29 is 19.0 Å². The standard InChI is InChI=1S/C20H17ClINO4/c1-3-8-26-17-7-4-12(10-18(17)25-2)9-16-20(24)27-19(23-16)14-11-13(22)5-6-15(14)21/h4-7,9-11H,3,8H2,1-2H3/b16-9+. The Hall–Kier alpha value is -2.06. The minimum absolute atomic E-state index is 0.198. The molecule has 0 bridgehead atoms. The number of halogens is 2. The predicted molar refractivity (Wildman–Crippen MR) is 114 cm³/mol. The molecule has 3 rings (SSSR count). The van der Waals surface area contributed by atoms with E-state index >= 15 is 0 Å². The number of carbonyl (C=O) groups excluding carboxylic acids is 1. The molecule has 1 aliphatic heterocycles. The van der Waals surface area contributed by atoms with Gasteiger partial charge in [-0.1, -0.05) is 24.6 Å². The van der Waals surface area contributed by atoms with Crippen LogP contribution in [0.3, 0.4) is 0 Å². The van der Waals surface area contributed by atoms with Crippen LogP contribution < -0.4 is 9.47 Å². The van der Waals surface area contributed by atoms with Crippen LogP contribution in [0.2, 0.25) is 5.02 Å². The van der Waals surface area contributed by atoms with Crippen LogP contribution in [-0.2, 0) is 9.53 Å². The van der Waals surface area contributed by atoms with Crippen molar-refractivity contribution in [3.63, 3.8) is 0 Å². The van der Waals surface area contributed by atoms with Crippen LogP contribution in [-0.4, -0.2) is 25.6 Å². The van der Waals surface area contributed by atoms with Crippen molar-refractivity contribution in [1.29, 1.82) is 0 Å². The Morgan fingerprint density at radius 1 is 1.22 bits per heavy atom. The summed E-state index contributed by atoms with van der Waals surface area (Å²) in [5.74, 6) is 0.925. The second-order valence-electron chi connectivity index (χ2n) is 5.72. The van der Waals surface area contributed by atoms with Crippen LogP contribution in [0.15, 0.2) is 47.1 Å². The fourth-order valence-electron chi connectivity index (χ4n) is 2.45. The summed E-state index contributed by atoms with van der Waals surface area (Å²) in [6.07, 6.45) is 2.54. The van der Waals surface area contributed by atoms with Crippen LogP contribution in [0.5, 0.6) is 11.5 Å². The van der Waals surface area contributed by atoms with E-state index in [1.54, 1.807) is 25.3 Å². The largest absolute Gasteiger partial charge is 0.493 e. The fourth-order valence-corrected chi connectivity index (χ4v) is 3.14. The van der Waals surface area contributed by atoms with Crippen molar-refractivity contribution in [2.24, 2.45) is 4.99 Å². The van der Waals surface area contributed by atoms with Gasteiger partial charge in [-0.05, 0) is 71.0 Å². The highest BCUT2D eigenvalue weighted by Gasteiger charge is 2.26. The van der Waals surface area contributed by atoms with Gasteiger partial charge >= 0.3 is 5.97 Å². The lowest BCUT2D eigenvalue weighted by Crippen LogP contribution is -2.06. The van der Waals surface area contributed by atoms with Crippen molar-refractivity contribution >= 4 is 52.1 Å². The molecule has 140 valence electrons.